The van der Waals surface area contributed by atoms with E-state index in [9.17, 15) is 8.78 Å². The first-order chi connectivity index (χ1) is 10.2. The van der Waals surface area contributed by atoms with Crippen molar-refractivity contribution in [3.63, 3.8) is 0 Å². The molecule has 0 aliphatic heterocycles. The molecule has 1 aromatic heterocycles. The van der Waals surface area contributed by atoms with Gasteiger partial charge in [0.25, 0.3) is 0 Å². The van der Waals surface area contributed by atoms with Crippen molar-refractivity contribution in [3.8, 4) is 5.75 Å². The van der Waals surface area contributed by atoms with Crippen molar-refractivity contribution < 1.29 is 13.5 Å². The highest BCUT2D eigenvalue weighted by Gasteiger charge is 2.08. The van der Waals surface area contributed by atoms with E-state index in [0.717, 1.165) is 30.6 Å². The van der Waals surface area contributed by atoms with Crippen LogP contribution in [0.25, 0.3) is 0 Å². The summed E-state index contributed by atoms with van der Waals surface area (Å²) in [6, 6.07) is 6.83. The van der Waals surface area contributed by atoms with Crippen molar-refractivity contribution in [3.05, 3.63) is 47.3 Å². The number of para-hydroxylation sites is 1. The van der Waals surface area contributed by atoms with Gasteiger partial charge in [-0.05, 0) is 37.9 Å². The van der Waals surface area contributed by atoms with Crippen LogP contribution in [-0.2, 0) is 13.0 Å². The lowest BCUT2D eigenvalue weighted by Gasteiger charge is -2.11. The van der Waals surface area contributed by atoms with Gasteiger partial charge >= 0.3 is 6.61 Å². The second-order valence-corrected chi connectivity index (χ2v) is 4.79. The molecule has 21 heavy (non-hydrogen) atoms. The minimum Gasteiger partial charge on any atom is -0.434 e. The summed E-state index contributed by atoms with van der Waals surface area (Å²) < 4.78 is 29.1. The summed E-state index contributed by atoms with van der Waals surface area (Å²) in [5.74, 6) is 0.227. The summed E-state index contributed by atoms with van der Waals surface area (Å²) in [6.07, 6.45) is 3.73. The molecule has 0 unspecified atom stereocenters. The summed E-state index contributed by atoms with van der Waals surface area (Å²) in [6.45, 7) is 0.504. The molecule has 114 valence electrons. The Hall–Kier alpha value is -1.95. The van der Waals surface area contributed by atoms with Gasteiger partial charge in [0.05, 0.1) is 6.20 Å². The summed E-state index contributed by atoms with van der Waals surface area (Å²) in [4.78, 5) is 0. The summed E-state index contributed by atoms with van der Waals surface area (Å²) in [5.41, 5.74) is 3.03. The number of aromatic nitrogens is 2. The molecule has 0 aliphatic carbocycles. The second kappa shape index (κ2) is 7.73. The molecule has 1 aromatic carbocycles. The molecule has 0 atom stereocenters. The van der Waals surface area contributed by atoms with Crippen LogP contribution < -0.4 is 10.1 Å². The molecule has 0 aliphatic rings. The maximum atomic E-state index is 12.3. The van der Waals surface area contributed by atoms with E-state index < -0.39 is 6.61 Å². The van der Waals surface area contributed by atoms with Crippen LogP contribution in [-0.4, -0.2) is 23.4 Å². The van der Waals surface area contributed by atoms with E-state index in [-0.39, 0.29) is 5.75 Å². The van der Waals surface area contributed by atoms with Crippen LogP contribution in [0.1, 0.15) is 23.2 Å². The quantitative estimate of drug-likeness (QED) is 0.736. The van der Waals surface area contributed by atoms with E-state index in [1.807, 2.05) is 19.2 Å². The summed E-state index contributed by atoms with van der Waals surface area (Å²) in [7, 11) is 0. The van der Waals surface area contributed by atoms with Gasteiger partial charge in [-0.2, -0.15) is 13.9 Å². The molecule has 1 heterocycles. The minimum atomic E-state index is -2.80. The van der Waals surface area contributed by atoms with Gasteiger partial charge in [0.1, 0.15) is 5.75 Å². The van der Waals surface area contributed by atoms with Gasteiger partial charge in [0.2, 0.25) is 0 Å². The molecule has 0 spiro atoms. The molecule has 0 fully saturated rings. The van der Waals surface area contributed by atoms with Gasteiger partial charge in [-0.1, -0.05) is 18.2 Å². The number of nitrogens with zero attached hydrogens (tertiary/aromatic N) is 1. The van der Waals surface area contributed by atoms with E-state index in [0.29, 0.717) is 6.54 Å². The third-order valence-corrected chi connectivity index (χ3v) is 3.24. The van der Waals surface area contributed by atoms with Crippen LogP contribution in [0.2, 0.25) is 0 Å². The molecule has 2 aromatic rings. The molecule has 2 N–H and O–H groups in total. The van der Waals surface area contributed by atoms with Gasteiger partial charge in [0, 0.05) is 17.8 Å². The van der Waals surface area contributed by atoms with Crippen LogP contribution in [0.3, 0.4) is 0 Å². The van der Waals surface area contributed by atoms with E-state index in [1.165, 1.54) is 5.56 Å². The molecule has 0 saturated heterocycles. The zero-order valence-electron chi connectivity index (χ0n) is 11.9. The highest BCUT2D eigenvalue weighted by Crippen LogP contribution is 2.19. The Morgan fingerprint density at radius 2 is 2.10 bits per heavy atom. The van der Waals surface area contributed by atoms with Crippen LogP contribution >= 0.6 is 0 Å². The lowest BCUT2D eigenvalue weighted by molar-refractivity contribution is -0.0504. The summed E-state index contributed by atoms with van der Waals surface area (Å²) in [5, 5.41) is 10.1. The Morgan fingerprint density at radius 1 is 1.29 bits per heavy atom. The zero-order chi connectivity index (χ0) is 15.1. The number of hydrogen-bond acceptors (Lipinski definition) is 3. The number of hydrogen-bond donors (Lipinski definition) is 2. The highest BCUT2D eigenvalue weighted by molar-refractivity contribution is 5.33. The van der Waals surface area contributed by atoms with E-state index in [2.05, 4.69) is 20.3 Å². The Kier molecular flexibility index (Phi) is 5.68. The van der Waals surface area contributed by atoms with Gasteiger partial charge < -0.3 is 10.1 Å². The standard InChI is InChI=1S/C15H19F2N3O/c1-11-12(10-19-20-11)6-4-8-18-9-13-5-2-3-7-14(13)21-15(16)17/h2-3,5,7,10,15,18H,4,6,8-9H2,1H3,(H,19,20). The van der Waals surface area contributed by atoms with Crippen LogP contribution in [0, 0.1) is 6.92 Å². The molecule has 4 nitrogen and oxygen atoms in total. The Bertz CT molecular complexity index is 557. The van der Waals surface area contributed by atoms with E-state index >= 15 is 0 Å². The van der Waals surface area contributed by atoms with Crippen molar-refractivity contribution in [1.82, 2.24) is 15.5 Å². The number of nitrogens with one attached hydrogen (secondary N) is 2. The van der Waals surface area contributed by atoms with Crippen LogP contribution in [0.4, 0.5) is 8.78 Å². The lowest BCUT2D eigenvalue weighted by atomic mass is 10.1. The lowest BCUT2D eigenvalue weighted by Crippen LogP contribution is -2.16. The predicted molar refractivity (Wildman–Crippen MR) is 76.4 cm³/mol. The van der Waals surface area contributed by atoms with Gasteiger partial charge in [-0.15, -0.1) is 0 Å². The highest BCUT2D eigenvalue weighted by atomic mass is 19.3. The molecular formula is C15H19F2N3O. The normalized spacial score (nSPS) is 11.0. The topological polar surface area (TPSA) is 49.9 Å². The molecule has 2 rings (SSSR count). The maximum Gasteiger partial charge on any atom is 0.387 e. The third kappa shape index (κ3) is 4.82. The minimum absolute atomic E-state index is 0.227. The van der Waals surface area contributed by atoms with Crippen molar-refractivity contribution >= 4 is 0 Å². The first-order valence-corrected chi connectivity index (χ1v) is 6.89. The molecule has 0 bridgehead atoms. The van der Waals surface area contributed by atoms with E-state index in [1.54, 1.807) is 18.2 Å². The fourth-order valence-electron chi connectivity index (χ4n) is 2.12. The number of benzene rings is 1. The zero-order valence-corrected chi connectivity index (χ0v) is 11.9. The smallest absolute Gasteiger partial charge is 0.387 e. The average Bonchev–Trinajstić information content (AvgIpc) is 2.85. The van der Waals surface area contributed by atoms with E-state index in [4.69, 9.17) is 0 Å². The van der Waals surface area contributed by atoms with Gasteiger partial charge in [-0.25, -0.2) is 0 Å². The molecule has 0 saturated carbocycles. The van der Waals surface area contributed by atoms with Crippen molar-refractivity contribution in [2.45, 2.75) is 32.9 Å². The number of H-pyrrole nitrogens is 1. The molecule has 6 heteroatoms. The number of rotatable bonds is 8. The Morgan fingerprint density at radius 3 is 2.81 bits per heavy atom. The van der Waals surface area contributed by atoms with Gasteiger partial charge in [-0.3, -0.25) is 5.10 Å². The number of aryl methyl sites for hydroxylation is 2. The monoisotopic (exact) mass is 295 g/mol. The van der Waals surface area contributed by atoms with Crippen molar-refractivity contribution in [2.24, 2.45) is 0 Å². The number of alkyl halides is 2. The molecule has 0 amide bonds. The van der Waals surface area contributed by atoms with Gasteiger partial charge in [0.15, 0.2) is 0 Å². The molecular weight excluding hydrogens is 276 g/mol. The number of ether oxygens (including phenoxy) is 1. The molecule has 0 radical (unpaired) electrons. The van der Waals surface area contributed by atoms with Crippen molar-refractivity contribution in [2.75, 3.05) is 6.54 Å². The maximum absolute atomic E-state index is 12.3. The van der Waals surface area contributed by atoms with Crippen molar-refractivity contribution in [1.29, 1.82) is 0 Å². The third-order valence-electron chi connectivity index (χ3n) is 3.24. The summed E-state index contributed by atoms with van der Waals surface area (Å²) >= 11 is 0. The second-order valence-electron chi connectivity index (χ2n) is 4.79. The predicted octanol–water partition coefficient (Wildman–Crippen LogP) is 3.04. The number of aromatic amines is 1. The van der Waals surface area contributed by atoms with Crippen LogP contribution in [0.5, 0.6) is 5.75 Å². The SMILES string of the molecule is Cc1[nH]ncc1CCCNCc1ccccc1OC(F)F. The fraction of sp³-hybridized carbons (Fsp3) is 0.400. The average molecular weight is 295 g/mol. The van der Waals surface area contributed by atoms with Crippen LogP contribution in [0.15, 0.2) is 30.5 Å². The largest absolute Gasteiger partial charge is 0.434 e. The Labute approximate surface area is 122 Å². The first kappa shape index (κ1) is 15.4. The first-order valence-electron chi connectivity index (χ1n) is 6.89. The fourth-order valence-corrected chi connectivity index (χ4v) is 2.12. The number of halogens is 2. The Balaban J connectivity index is 1.75.